The Labute approximate surface area is 255 Å². The minimum atomic E-state index is -2.31. The molecule has 0 aliphatic carbocycles. The number of nitrogens with zero attached hydrogens (tertiary/aromatic N) is 2. The molecule has 4 rings (SSSR count). The van der Waals surface area contributed by atoms with Crippen LogP contribution in [0, 0.1) is 0 Å². The largest absolute Gasteiger partial charge is 0.361 e. The summed E-state index contributed by atoms with van der Waals surface area (Å²) in [6.07, 6.45) is 0.341. The van der Waals surface area contributed by atoms with Crippen LogP contribution in [0.5, 0.6) is 0 Å². The van der Waals surface area contributed by atoms with E-state index in [4.69, 9.17) is 9.05 Å². The number of benzene rings is 2. The molecule has 4 aromatic rings. The van der Waals surface area contributed by atoms with Crippen molar-refractivity contribution in [3.8, 4) is 0 Å². The van der Waals surface area contributed by atoms with Crippen molar-refractivity contribution in [1.29, 1.82) is 0 Å². The third kappa shape index (κ3) is 9.11. The highest BCUT2D eigenvalue weighted by molar-refractivity contribution is 7.70. The summed E-state index contributed by atoms with van der Waals surface area (Å²) in [6.45, 7) is 19.8. The smallest absolute Gasteiger partial charge is 0.258 e. The average molecular weight is 606 g/mol. The van der Waals surface area contributed by atoms with Crippen molar-refractivity contribution >= 4 is 30.0 Å². The Bertz CT molecular complexity index is 1580. The summed E-state index contributed by atoms with van der Waals surface area (Å²) in [5.74, 6) is 1.17. The molecule has 0 fully saturated rings. The monoisotopic (exact) mass is 605 g/mol. The number of carbonyl (C=O) groups is 2. The zero-order valence-electron chi connectivity index (χ0n) is 26.9. The van der Waals surface area contributed by atoms with Crippen LogP contribution in [-0.4, -0.2) is 35.3 Å². The first-order chi connectivity index (χ1) is 19.9. The van der Waals surface area contributed by atoms with E-state index in [1.807, 2.05) is 51.1 Å². The first-order valence-corrected chi connectivity index (χ1v) is 17.0. The summed E-state index contributed by atoms with van der Waals surface area (Å²) in [5, 5.41) is 11.6. The first-order valence-electron chi connectivity index (χ1n) is 14.4. The molecule has 43 heavy (non-hydrogen) atoms. The lowest BCUT2D eigenvalue weighted by molar-refractivity contribution is 0.0989. The fourth-order valence-electron chi connectivity index (χ4n) is 4.27. The van der Waals surface area contributed by atoms with Gasteiger partial charge in [-0.25, -0.2) is 0 Å². The van der Waals surface area contributed by atoms with Crippen LogP contribution in [0.15, 0.2) is 69.7 Å². The second kappa shape index (κ2) is 13.3. The van der Waals surface area contributed by atoms with Crippen LogP contribution in [0.1, 0.15) is 105 Å². The standard InChI is InChI=1S/C18H23NO2.C16H21N2O3P/c1-12(2)16-14(17(19-21-16)18(3,4)5)11-15(20)13-9-7-6-8-10-13;1-16(2,3)13-10-14(21-18-13)17-15(19)11-6-8-12(9-7-11)22(4,5)20/h6-10,12H,11H2,1-5H3;6-10H,1-5H3,(H,17,19). The Hall–Kier alpha value is -3.77. The number of ketones is 1. The fourth-order valence-corrected chi connectivity index (χ4v) is 5.13. The van der Waals surface area contributed by atoms with Gasteiger partial charge in [-0.3, -0.25) is 14.9 Å². The third-order valence-corrected chi connectivity index (χ3v) is 8.29. The SMILES string of the molecule is CC(C)(C)c1cc(NC(=O)c2ccc(P(C)(C)=O)cc2)on1.CC(C)c1onc(C(C)(C)C)c1CC(=O)c1ccccc1. The third-order valence-electron chi connectivity index (χ3n) is 6.75. The van der Waals surface area contributed by atoms with Gasteiger partial charge in [-0.2, -0.15) is 0 Å². The van der Waals surface area contributed by atoms with Crippen LogP contribution >= 0.6 is 7.14 Å². The van der Waals surface area contributed by atoms with Gasteiger partial charge in [0.15, 0.2) is 5.78 Å². The molecule has 2 aromatic carbocycles. The molecule has 9 heteroatoms. The predicted octanol–water partition coefficient (Wildman–Crippen LogP) is 7.99. The zero-order chi connectivity index (χ0) is 32.2. The number of rotatable bonds is 7. The summed E-state index contributed by atoms with van der Waals surface area (Å²) in [7, 11) is -2.31. The molecule has 0 saturated heterocycles. The summed E-state index contributed by atoms with van der Waals surface area (Å²) >= 11 is 0. The van der Waals surface area contributed by atoms with Crippen molar-refractivity contribution in [3.05, 3.63) is 94.5 Å². The van der Waals surface area contributed by atoms with Crippen LogP contribution in [0.4, 0.5) is 5.88 Å². The van der Waals surface area contributed by atoms with Crippen LogP contribution < -0.4 is 10.6 Å². The van der Waals surface area contributed by atoms with Crippen molar-refractivity contribution in [2.24, 2.45) is 0 Å². The molecule has 2 heterocycles. The van der Waals surface area contributed by atoms with Crippen LogP contribution in [0.2, 0.25) is 0 Å². The van der Waals surface area contributed by atoms with Gasteiger partial charge in [-0.1, -0.05) is 108 Å². The molecule has 230 valence electrons. The van der Waals surface area contributed by atoms with Gasteiger partial charge in [0, 0.05) is 51.2 Å². The summed E-state index contributed by atoms with van der Waals surface area (Å²) < 4.78 is 22.6. The average Bonchev–Trinajstić information content (AvgIpc) is 3.57. The van der Waals surface area contributed by atoms with E-state index in [9.17, 15) is 14.2 Å². The van der Waals surface area contributed by atoms with Gasteiger partial charge in [0.2, 0.25) is 5.88 Å². The van der Waals surface area contributed by atoms with E-state index in [2.05, 4.69) is 50.2 Å². The highest BCUT2D eigenvalue weighted by Gasteiger charge is 2.28. The van der Waals surface area contributed by atoms with Crippen LogP contribution in [0.3, 0.4) is 0 Å². The molecule has 0 unspecified atom stereocenters. The number of amides is 1. The molecular formula is C34H44N3O5P. The summed E-state index contributed by atoms with van der Waals surface area (Å²) in [5.41, 5.74) is 3.54. The lowest BCUT2D eigenvalue weighted by Gasteiger charge is -2.17. The minimum absolute atomic E-state index is 0.103. The van der Waals surface area contributed by atoms with E-state index in [-0.39, 0.29) is 28.4 Å². The molecule has 0 bridgehead atoms. The van der Waals surface area contributed by atoms with Gasteiger partial charge in [-0.15, -0.1) is 0 Å². The van der Waals surface area contributed by atoms with Crippen molar-refractivity contribution in [2.75, 3.05) is 18.6 Å². The Kier molecular flexibility index (Phi) is 10.4. The van der Waals surface area contributed by atoms with Crippen LogP contribution in [0.25, 0.3) is 0 Å². The predicted molar refractivity (Wildman–Crippen MR) is 172 cm³/mol. The van der Waals surface area contributed by atoms with Gasteiger partial charge < -0.3 is 13.6 Å². The Morgan fingerprint density at radius 1 is 0.837 bits per heavy atom. The lowest BCUT2D eigenvalue weighted by atomic mass is 9.85. The normalized spacial score (nSPS) is 12.1. The van der Waals surface area contributed by atoms with Gasteiger partial charge >= 0.3 is 0 Å². The van der Waals surface area contributed by atoms with E-state index < -0.39 is 7.14 Å². The number of hydrogen-bond acceptors (Lipinski definition) is 7. The van der Waals surface area contributed by atoms with Crippen LogP contribution in [-0.2, 0) is 21.8 Å². The van der Waals surface area contributed by atoms with Crippen molar-refractivity contribution in [1.82, 2.24) is 10.3 Å². The van der Waals surface area contributed by atoms with E-state index in [0.717, 1.165) is 33.6 Å². The van der Waals surface area contributed by atoms with E-state index in [0.29, 0.717) is 17.9 Å². The minimum Gasteiger partial charge on any atom is -0.361 e. The molecule has 1 amide bonds. The van der Waals surface area contributed by atoms with Crippen molar-refractivity contribution in [2.45, 2.75) is 78.6 Å². The Balaban J connectivity index is 0.000000236. The van der Waals surface area contributed by atoms with E-state index in [1.54, 1.807) is 43.7 Å². The quantitative estimate of drug-likeness (QED) is 0.168. The first kappa shape index (κ1) is 33.7. The number of aromatic nitrogens is 2. The van der Waals surface area contributed by atoms with Gasteiger partial charge in [0.25, 0.3) is 5.91 Å². The van der Waals surface area contributed by atoms with Crippen molar-refractivity contribution in [3.63, 3.8) is 0 Å². The molecular weight excluding hydrogens is 561 g/mol. The molecule has 0 atom stereocenters. The highest BCUT2D eigenvalue weighted by atomic mass is 31.2. The molecule has 2 aromatic heterocycles. The van der Waals surface area contributed by atoms with E-state index >= 15 is 0 Å². The molecule has 8 nitrogen and oxygen atoms in total. The zero-order valence-corrected chi connectivity index (χ0v) is 27.8. The number of nitrogens with one attached hydrogen (secondary N) is 1. The number of anilines is 1. The molecule has 0 radical (unpaired) electrons. The van der Waals surface area contributed by atoms with Gasteiger partial charge in [0.05, 0.1) is 11.4 Å². The van der Waals surface area contributed by atoms with Crippen molar-refractivity contribution < 1.29 is 23.2 Å². The summed E-state index contributed by atoms with van der Waals surface area (Å²) in [4.78, 5) is 24.7. The Morgan fingerprint density at radius 2 is 1.44 bits per heavy atom. The molecule has 0 spiro atoms. The topological polar surface area (TPSA) is 115 Å². The maximum atomic E-state index is 12.5. The van der Waals surface area contributed by atoms with E-state index in [1.165, 1.54) is 0 Å². The number of Topliss-reactive ketones (excluding diaryl/α,β-unsaturated/α-hetero) is 1. The molecule has 1 N–H and O–H groups in total. The fraction of sp³-hybridized carbons (Fsp3) is 0.412. The molecule has 0 aliphatic rings. The second-order valence-electron chi connectivity index (χ2n) is 13.4. The molecule has 0 saturated carbocycles. The molecule has 0 aliphatic heterocycles. The van der Waals surface area contributed by atoms with Gasteiger partial charge in [0.1, 0.15) is 12.9 Å². The summed E-state index contributed by atoms with van der Waals surface area (Å²) in [6, 6.07) is 17.9. The maximum Gasteiger partial charge on any atom is 0.258 e. The maximum absolute atomic E-state index is 12.5. The number of carbonyl (C=O) groups excluding carboxylic acids is 2. The number of hydrogen-bond donors (Lipinski definition) is 1. The second-order valence-corrected chi connectivity index (χ2v) is 16.6. The highest BCUT2D eigenvalue weighted by Crippen LogP contribution is 2.34. The van der Waals surface area contributed by atoms with Gasteiger partial charge in [-0.05, 0) is 25.5 Å². The Morgan fingerprint density at radius 3 is 1.93 bits per heavy atom. The lowest BCUT2D eigenvalue weighted by Crippen LogP contribution is -2.17.